The molecular formula is C33H66O3. The molecule has 0 spiro atoms. The molecule has 0 atom stereocenters. The van der Waals surface area contributed by atoms with E-state index in [-0.39, 0.29) is 11.8 Å². The highest BCUT2D eigenvalue weighted by atomic mass is 16.1. The van der Waals surface area contributed by atoms with Gasteiger partial charge in [-0.1, -0.05) is 104 Å². The summed E-state index contributed by atoms with van der Waals surface area (Å²) in [6, 6.07) is 0. The van der Waals surface area contributed by atoms with E-state index in [4.69, 9.17) is 0 Å². The zero-order valence-corrected chi connectivity index (χ0v) is 27.3. The summed E-state index contributed by atoms with van der Waals surface area (Å²) in [5.74, 6) is 2.16. The SMILES string of the molecule is CC(C)C(=O)CCC(C)(C)C.CC(C)C(=O)CCCC(C)(C)C.CC(C)CC(=O)CCCC(C)(C)C. The van der Waals surface area contributed by atoms with Gasteiger partial charge in [-0.25, -0.2) is 0 Å². The van der Waals surface area contributed by atoms with Crippen molar-refractivity contribution in [2.75, 3.05) is 0 Å². The van der Waals surface area contributed by atoms with Crippen LogP contribution in [0.2, 0.25) is 0 Å². The second-order valence-corrected chi connectivity index (χ2v) is 15.3. The van der Waals surface area contributed by atoms with Crippen LogP contribution in [0.15, 0.2) is 0 Å². The van der Waals surface area contributed by atoms with Gasteiger partial charge in [0.25, 0.3) is 0 Å². The first kappa shape index (κ1) is 39.5. The van der Waals surface area contributed by atoms with E-state index in [0.717, 1.165) is 57.8 Å². The van der Waals surface area contributed by atoms with Crippen molar-refractivity contribution < 1.29 is 14.4 Å². The van der Waals surface area contributed by atoms with E-state index in [1.807, 2.05) is 27.7 Å². The Bertz CT molecular complexity index is 590. The first-order chi connectivity index (χ1) is 16.0. The van der Waals surface area contributed by atoms with Crippen LogP contribution in [0.5, 0.6) is 0 Å². The monoisotopic (exact) mass is 511 g/mol. The third kappa shape index (κ3) is 35.2. The van der Waals surface area contributed by atoms with Crippen LogP contribution in [0.3, 0.4) is 0 Å². The summed E-state index contributed by atoms with van der Waals surface area (Å²) < 4.78 is 0. The van der Waals surface area contributed by atoms with Crippen LogP contribution >= 0.6 is 0 Å². The molecule has 3 nitrogen and oxygen atoms in total. The van der Waals surface area contributed by atoms with Crippen LogP contribution < -0.4 is 0 Å². The van der Waals surface area contributed by atoms with Crippen molar-refractivity contribution in [3.63, 3.8) is 0 Å². The maximum atomic E-state index is 11.3. The Kier molecular flexibility index (Phi) is 21.0. The molecule has 0 saturated heterocycles. The summed E-state index contributed by atoms with van der Waals surface area (Å²) in [7, 11) is 0. The summed E-state index contributed by atoms with van der Waals surface area (Å²) >= 11 is 0. The Balaban J connectivity index is -0.000000455. The highest BCUT2D eigenvalue weighted by Crippen LogP contribution is 2.23. The molecule has 3 heteroatoms. The molecule has 0 bridgehead atoms. The lowest BCUT2D eigenvalue weighted by atomic mass is 9.88. The number of carbonyl (C=O) groups is 3. The highest BCUT2D eigenvalue weighted by Gasteiger charge is 2.15. The summed E-state index contributed by atoms with van der Waals surface area (Å²) in [5, 5.41) is 0. The zero-order valence-electron chi connectivity index (χ0n) is 27.3. The fraction of sp³-hybridized carbons (Fsp3) is 0.909. The van der Waals surface area contributed by atoms with Crippen molar-refractivity contribution in [2.24, 2.45) is 34.0 Å². The molecule has 36 heavy (non-hydrogen) atoms. The van der Waals surface area contributed by atoms with Crippen molar-refractivity contribution in [3.8, 4) is 0 Å². The van der Waals surface area contributed by atoms with E-state index in [2.05, 4.69) is 76.2 Å². The largest absolute Gasteiger partial charge is 0.300 e. The summed E-state index contributed by atoms with van der Waals surface area (Å²) in [6.07, 6.45) is 8.41. The molecule has 0 amide bonds. The van der Waals surface area contributed by atoms with E-state index < -0.39 is 0 Å². The topological polar surface area (TPSA) is 51.2 Å². The lowest BCUT2D eigenvalue weighted by Crippen LogP contribution is -2.12. The summed E-state index contributed by atoms with van der Waals surface area (Å²) in [4.78, 5) is 33.8. The number of ketones is 3. The van der Waals surface area contributed by atoms with Gasteiger partial charge in [-0.15, -0.1) is 0 Å². The van der Waals surface area contributed by atoms with Gasteiger partial charge in [-0.3, -0.25) is 14.4 Å². The molecule has 0 aliphatic rings. The number of carbonyl (C=O) groups excluding carboxylic acids is 3. The average Bonchev–Trinajstić information content (AvgIpc) is 2.63. The Morgan fingerprint density at radius 1 is 0.500 bits per heavy atom. The molecule has 0 aromatic heterocycles. The Morgan fingerprint density at radius 2 is 0.833 bits per heavy atom. The predicted octanol–water partition coefficient (Wildman–Crippen LogP) is 10.3. The molecule has 0 fully saturated rings. The molecule has 0 aromatic carbocycles. The molecular weight excluding hydrogens is 444 g/mol. The Hall–Kier alpha value is -0.990. The van der Waals surface area contributed by atoms with Crippen LogP contribution in [0, 0.1) is 34.0 Å². The summed E-state index contributed by atoms with van der Waals surface area (Å²) in [6.45, 7) is 31.9. The minimum absolute atomic E-state index is 0.206. The van der Waals surface area contributed by atoms with Crippen molar-refractivity contribution >= 4 is 17.3 Å². The third-order valence-corrected chi connectivity index (χ3v) is 5.78. The fourth-order valence-corrected chi connectivity index (χ4v) is 3.24. The van der Waals surface area contributed by atoms with Gasteiger partial charge in [-0.2, -0.15) is 0 Å². The summed E-state index contributed by atoms with van der Waals surface area (Å²) in [5.41, 5.74) is 1.04. The van der Waals surface area contributed by atoms with E-state index in [1.54, 1.807) is 0 Å². The Labute approximate surface area is 227 Å². The van der Waals surface area contributed by atoms with Gasteiger partial charge in [0.1, 0.15) is 17.3 Å². The van der Waals surface area contributed by atoms with Crippen molar-refractivity contribution in [2.45, 2.75) is 162 Å². The van der Waals surface area contributed by atoms with Crippen molar-refractivity contribution in [3.05, 3.63) is 0 Å². The molecule has 0 aliphatic heterocycles. The van der Waals surface area contributed by atoms with Gasteiger partial charge in [-0.05, 0) is 54.3 Å². The standard InChI is InChI=1S/C12H24O.C11H22O.C10H20O/c1-10(2)9-11(13)7-6-8-12(3,4)5;1-9(2)10(12)7-6-8-11(3,4)5;1-8(2)9(11)6-7-10(3,4)5/h10H,6-9H2,1-5H3;9H,6-8H2,1-5H3;8H,6-7H2,1-5H3. The smallest absolute Gasteiger partial charge is 0.135 e. The molecule has 0 aliphatic carbocycles. The van der Waals surface area contributed by atoms with E-state index in [9.17, 15) is 14.4 Å². The van der Waals surface area contributed by atoms with Gasteiger partial charge < -0.3 is 0 Å². The van der Waals surface area contributed by atoms with Gasteiger partial charge >= 0.3 is 0 Å². The van der Waals surface area contributed by atoms with Crippen LogP contribution in [0.4, 0.5) is 0 Å². The third-order valence-electron chi connectivity index (χ3n) is 5.78. The van der Waals surface area contributed by atoms with E-state index in [1.165, 1.54) is 0 Å². The van der Waals surface area contributed by atoms with Crippen LogP contribution in [0.25, 0.3) is 0 Å². The number of hydrogen-bond acceptors (Lipinski definition) is 3. The van der Waals surface area contributed by atoms with E-state index in [0.29, 0.717) is 39.5 Å². The maximum absolute atomic E-state index is 11.3. The molecule has 0 unspecified atom stereocenters. The van der Waals surface area contributed by atoms with Gasteiger partial charge in [0, 0.05) is 37.5 Å². The zero-order chi connectivity index (χ0) is 29.3. The molecule has 0 heterocycles. The lowest BCUT2D eigenvalue weighted by molar-refractivity contribution is -0.123. The van der Waals surface area contributed by atoms with Crippen LogP contribution in [0.1, 0.15) is 162 Å². The predicted molar refractivity (Wildman–Crippen MR) is 159 cm³/mol. The minimum atomic E-state index is 0.206. The van der Waals surface area contributed by atoms with E-state index >= 15 is 0 Å². The minimum Gasteiger partial charge on any atom is -0.300 e. The van der Waals surface area contributed by atoms with Crippen LogP contribution in [-0.2, 0) is 14.4 Å². The highest BCUT2D eigenvalue weighted by molar-refractivity contribution is 5.80. The van der Waals surface area contributed by atoms with Crippen molar-refractivity contribution in [1.82, 2.24) is 0 Å². The molecule has 0 N–H and O–H groups in total. The fourth-order valence-electron chi connectivity index (χ4n) is 3.24. The van der Waals surface area contributed by atoms with Crippen molar-refractivity contribution in [1.29, 1.82) is 0 Å². The molecule has 0 saturated carbocycles. The second-order valence-electron chi connectivity index (χ2n) is 15.3. The average molecular weight is 511 g/mol. The molecule has 0 radical (unpaired) electrons. The molecule has 0 aromatic rings. The Morgan fingerprint density at radius 3 is 1.14 bits per heavy atom. The van der Waals surface area contributed by atoms with Gasteiger partial charge in [0.15, 0.2) is 0 Å². The number of Topliss-reactive ketones (excluding diaryl/α,β-unsaturated/α-hetero) is 3. The molecule has 0 rings (SSSR count). The maximum Gasteiger partial charge on any atom is 0.135 e. The normalized spacial score (nSPS) is 12.2. The van der Waals surface area contributed by atoms with Gasteiger partial charge in [0.2, 0.25) is 0 Å². The molecule has 216 valence electrons. The number of hydrogen-bond donors (Lipinski definition) is 0. The first-order valence-electron chi connectivity index (χ1n) is 14.5. The van der Waals surface area contributed by atoms with Crippen LogP contribution in [-0.4, -0.2) is 17.3 Å². The number of rotatable bonds is 12. The van der Waals surface area contributed by atoms with Gasteiger partial charge in [0.05, 0.1) is 0 Å². The quantitative estimate of drug-likeness (QED) is 0.262. The second kappa shape index (κ2) is 19.1. The first-order valence-corrected chi connectivity index (χ1v) is 14.5. The lowest BCUT2D eigenvalue weighted by Gasteiger charge is -2.17.